The Bertz CT molecular complexity index is 708. The van der Waals surface area contributed by atoms with Crippen LogP contribution in [0.3, 0.4) is 0 Å². The molecule has 2 N–H and O–H groups in total. The van der Waals surface area contributed by atoms with Crippen LogP contribution in [-0.4, -0.2) is 62.8 Å². The minimum atomic E-state index is -4.46. The summed E-state index contributed by atoms with van der Waals surface area (Å²) >= 11 is 6.00. The highest BCUT2D eigenvalue weighted by atomic mass is 35.5. The highest BCUT2D eigenvalue weighted by Gasteiger charge is 2.36. The lowest BCUT2D eigenvalue weighted by atomic mass is 10.2. The molecule has 142 valence electrons. The quantitative estimate of drug-likeness (QED) is 0.774. The molecule has 26 heavy (non-hydrogen) atoms. The van der Waals surface area contributed by atoms with Gasteiger partial charge in [-0.05, 0) is 6.07 Å². The smallest absolute Gasteiger partial charge is 0.419 e. The largest absolute Gasteiger partial charge is 0.447 e. The van der Waals surface area contributed by atoms with Crippen molar-refractivity contribution in [1.29, 1.82) is 0 Å². The minimum Gasteiger partial charge on any atom is -0.447 e. The third-order valence-electron chi connectivity index (χ3n) is 4.45. The fourth-order valence-electron chi connectivity index (χ4n) is 3.02. The van der Waals surface area contributed by atoms with Crippen LogP contribution in [0.5, 0.6) is 0 Å². The average molecular weight is 395 g/mol. The first-order valence-corrected chi connectivity index (χ1v) is 8.47. The molecule has 0 saturated carbocycles. The van der Waals surface area contributed by atoms with E-state index in [1.807, 2.05) is 4.90 Å². The maximum atomic E-state index is 12.7. The van der Waals surface area contributed by atoms with E-state index < -0.39 is 17.8 Å². The maximum Gasteiger partial charge on any atom is 0.419 e. The van der Waals surface area contributed by atoms with Crippen molar-refractivity contribution in [3.05, 3.63) is 22.8 Å². The number of aromatic amines is 1. The second kappa shape index (κ2) is 7.28. The van der Waals surface area contributed by atoms with Gasteiger partial charge in [0.25, 0.3) is 11.7 Å². The first kappa shape index (κ1) is 18.7. The van der Waals surface area contributed by atoms with E-state index in [2.05, 4.69) is 4.98 Å². The number of imide groups is 1. The highest BCUT2D eigenvalue weighted by Crippen LogP contribution is 2.31. The van der Waals surface area contributed by atoms with Gasteiger partial charge in [-0.1, -0.05) is 11.6 Å². The van der Waals surface area contributed by atoms with Crippen LogP contribution >= 0.6 is 11.6 Å². The van der Waals surface area contributed by atoms with Crippen molar-refractivity contribution in [2.24, 2.45) is 0 Å². The van der Waals surface area contributed by atoms with Crippen molar-refractivity contribution in [3.63, 3.8) is 0 Å². The van der Waals surface area contributed by atoms with Crippen molar-refractivity contribution in [2.45, 2.75) is 6.18 Å². The van der Waals surface area contributed by atoms with Gasteiger partial charge in [-0.3, -0.25) is 4.79 Å². The zero-order chi connectivity index (χ0) is 18.9. The van der Waals surface area contributed by atoms with Gasteiger partial charge in [0.1, 0.15) is 44.0 Å². The van der Waals surface area contributed by atoms with Crippen molar-refractivity contribution >= 4 is 29.4 Å². The zero-order valence-corrected chi connectivity index (χ0v) is 14.5. The number of ether oxygens (including phenoxy) is 1. The van der Waals surface area contributed by atoms with Crippen molar-refractivity contribution in [2.75, 3.05) is 50.8 Å². The Morgan fingerprint density at radius 3 is 2.54 bits per heavy atom. The molecule has 0 bridgehead atoms. The number of carbonyl (C=O) groups is 2. The third-order valence-corrected chi connectivity index (χ3v) is 4.74. The molecule has 3 rings (SSSR count). The number of halogens is 4. The van der Waals surface area contributed by atoms with Crippen LogP contribution < -0.4 is 14.8 Å². The summed E-state index contributed by atoms with van der Waals surface area (Å²) in [6, 6.07) is 0.898. The molecule has 2 aliphatic heterocycles. The number of quaternary nitrogens is 1. The molecule has 0 aromatic carbocycles. The lowest BCUT2D eigenvalue weighted by molar-refractivity contribution is -0.892. The Hall–Kier alpha value is -2.07. The molecule has 0 spiro atoms. The van der Waals surface area contributed by atoms with Crippen LogP contribution in [0.4, 0.5) is 23.8 Å². The number of alkyl halides is 3. The van der Waals surface area contributed by atoms with Gasteiger partial charge in [0.15, 0.2) is 6.54 Å². The number of carbonyl (C=O) groups excluding carboxylic acids is 2. The predicted octanol–water partition coefficient (Wildman–Crippen LogP) is -0.143. The Morgan fingerprint density at radius 2 is 2.00 bits per heavy atom. The molecule has 7 nitrogen and oxygen atoms in total. The van der Waals surface area contributed by atoms with Crippen LogP contribution in [0.2, 0.25) is 5.02 Å². The first-order chi connectivity index (χ1) is 12.3. The molecule has 0 atom stereocenters. The van der Waals surface area contributed by atoms with E-state index in [1.54, 1.807) is 0 Å². The fourth-order valence-corrected chi connectivity index (χ4v) is 3.31. The van der Waals surface area contributed by atoms with Crippen LogP contribution in [0.15, 0.2) is 12.3 Å². The minimum absolute atomic E-state index is 0.000774. The monoisotopic (exact) mass is 394 g/mol. The van der Waals surface area contributed by atoms with E-state index >= 15 is 0 Å². The van der Waals surface area contributed by atoms with E-state index in [0.717, 1.165) is 22.1 Å². The Morgan fingerprint density at radius 1 is 1.31 bits per heavy atom. The number of anilines is 1. The standard InChI is InChI=1S/C15H16ClF3N4O3/c16-11-7-10(15(17,18)19)8-20-13(11)22-3-1-21(2-4-22)9-12(24)23-5-6-26-14(23)25/h7-8H,1-6,9H2/p+2. The van der Waals surface area contributed by atoms with Gasteiger partial charge in [-0.25, -0.2) is 19.6 Å². The number of piperazine rings is 1. The van der Waals surface area contributed by atoms with Crippen molar-refractivity contribution < 1.29 is 37.4 Å². The number of H-pyrrole nitrogens is 1. The number of aromatic nitrogens is 1. The second-order valence-corrected chi connectivity index (χ2v) is 6.56. The number of amides is 2. The first-order valence-electron chi connectivity index (χ1n) is 8.10. The maximum absolute atomic E-state index is 12.7. The molecule has 0 radical (unpaired) electrons. The third kappa shape index (κ3) is 4.01. The molecular formula is C15H18ClF3N4O3+2. The van der Waals surface area contributed by atoms with Gasteiger partial charge in [0.2, 0.25) is 0 Å². The SMILES string of the molecule is O=C(C[NH+]1CCN(c2[nH+]cc(C(F)(F)F)cc2Cl)CC1)N1CCOC1=O. The predicted molar refractivity (Wildman–Crippen MR) is 83.8 cm³/mol. The normalized spacial score (nSPS) is 19.0. The van der Waals surface area contributed by atoms with E-state index in [4.69, 9.17) is 16.3 Å². The van der Waals surface area contributed by atoms with Gasteiger partial charge >= 0.3 is 12.3 Å². The summed E-state index contributed by atoms with van der Waals surface area (Å²) in [5.41, 5.74) is -0.835. The number of pyridine rings is 1. The van der Waals surface area contributed by atoms with E-state index in [9.17, 15) is 22.8 Å². The summed E-state index contributed by atoms with van der Waals surface area (Å²) in [4.78, 5) is 30.1. The van der Waals surface area contributed by atoms with Gasteiger partial charge in [0, 0.05) is 0 Å². The van der Waals surface area contributed by atoms with Crippen molar-refractivity contribution in [3.8, 4) is 0 Å². The molecule has 0 aliphatic carbocycles. The summed E-state index contributed by atoms with van der Waals surface area (Å²) in [5, 5.41) is -0.000774. The lowest BCUT2D eigenvalue weighted by Gasteiger charge is -2.28. The highest BCUT2D eigenvalue weighted by molar-refractivity contribution is 6.32. The Balaban J connectivity index is 1.57. The number of rotatable bonds is 3. The molecule has 2 fully saturated rings. The van der Waals surface area contributed by atoms with Crippen LogP contribution in [-0.2, 0) is 15.7 Å². The number of nitrogens with one attached hydrogen (secondary N) is 2. The van der Waals surface area contributed by atoms with Crippen LogP contribution in [0, 0.1) is 0 Å². The van der Waals surface area contributed by atoms with Gasteiger partial charge < -0.3 is 9.64 Å². The molecular weight excluding hydrogens is 377 g/mol. The van der Waals surface area contributed by atoms with E-state index in [1.165, 1.54) is 0 Å². The molecule has 2 amide bonds. The van der Waals surface area contributed by atoms with E-state index in [-0.39, 0.29) is 30.6 Å². The topological polar surface area (TPSA) is 68.4 Å². The summed E-state index contributed by atoms with van der Waals surface area (Å²) in [6.45, 7) is 2.90. The summed E-state index contributed by atoms with van der Waals surface area (Å²) in [5.74, 6) is 0.142. The Kier molecular flexibility index (Phi) is 5.24. The average Bonchev–Trinajstić information content (AvgIpc) is 3.01. The molecule has 2 aliphatic rings. The van der Waals surface area contributed by atoms with Crippen LogP contribution in [0.1, 0.15) is 5.56 Å². The summed E-state index contributed by atoms with van der Waals surface area (Å²) in [7, 11) is 0. The van der Waals surface area contributed by atoms with E-state index in [0.29, 0.717) is 32.0 Å². The van der Waals surface area contributed by atoms with Crippen LogP contribution in [0.25, 0.3) is 0 Å². The number of cyclic esters (lactones) is 1. The zero-order valence-electron chi connectivity index (χ0n) is 13.7. The number of hydrogen-bond acceptors (Lipinski definition) is 4. The van der Waals surface area contributed by atoms with Gasteiger partial charge in [-0.15, -0.1) is 0 Å². The van der Waals surface area contributed by atoms with Gasteiger partial charge in [-0.2, -0.15) is 13.2 Å². The molecule has 3 heterocycles. The molecule has 1 aromatic rings. The Labute approximate surface area is 152 Å². The molecule has 0 unspecified atom stereocenters. The number of nitrogens with zero attached hydrogens (tertiary/aromatic N) is 2. The molecule has 1 aromatic heterocycles. The van der Waals surface area contributed by atoms with Crippen molar-refractivity contribution in [1.82, 2.24) is 4.90 Å². The fraction of sp³-hybridized carbons (Fsp3) is 0.533. The van der Waals surface area contributed by atoms with Gasteiger partial charge in [0.05, 0.1) is 12.1 Å². The summed E-state index contributed by atoms with van der Waals surface area (Å²) < 4.78 is 42.9. The summed E-state index contributed by atoms with van der Waals surface area (Å²) in [6.07, 6.45) is -4.18. The number of hydrogen-bond donors (Lipinski definition) is 1. The molecule has 11 heteroatoms. The lowest BCUT2D eigenvalue weighted by Crippen LogP contribution is -3.16. The molecule has 2 saturated heterocycles. The second-order valence-electron chi connectivity index (χ2n) is 6.16.